The molecule has 3 N–H and O–H groups in total. The highest BCUT2D eigenvalue weighted by Gasteiger charge is 2.18. The van der Waals surface area contributed by atoms with Crippen LogP contribution in [0, 0.1) is 0 Å². The van der Waals surface area contributed by atoms with Gasteiger partial charge in [-0.2, -0.15) is 0 Å². The summed E-state index contributed by atoms with van der Waals surface area (Å²) in [5.74, 6) is -0.0397. The van der Waals surface area contributed by atoms with E-state index in [1.54, 1.807) is 6.08 Å². The molecule has 1 amide bonds. The number of amides is 1. The molecule has 528 valence electrons. The van der Waals surface area contributed by atoms with Gasteiger partial charge in [-0.3, -0.25) is 9.59 Å². The van der Waals surface area contributed by atoms with E-state index < -0.39 is 12.1 Å². The van der Waals surface area contributed by atoms with Gasteiger partial charge in [0, 0.05) is 12.8 Å². The molecule has 0 saturated heterocycles. The van der Waals surface area contributed by atoms with Crippen LogP contribution < -0.4 is 5.32 Å². The van der Waals surface area contributed by atoms with Crippen LogP contribution in [0.2, 0.25) is 0 Å². The molecule has 6 heteroatoms. The molecule has 89 heavy (non-hydrogen) atoms. The molecule has 0 radical (unpaired) electrons. The number of esters is 1. The number of allylic oxidation sites excluding steroid dienone is 3. The number of rotatable bonds is 78. The summed E-state index contributed by atoms with van der Waals surface area (Å²) in [7, 11) is 0. The largest absolute Gasteiger partial charge is 0.466 e. The molecule has 0 spiro atoms. The third-order valence-electron chi connectivity index (χ3n) is 19.5. The standard InChI is InChI=1S/C83H161NO5/c1-3-5-7-9-11-13-15-17-19-21-23-24-25-31-34-37-40-43-47-51-55-59-63-67-71-75-81(86)80(79-85)84-82(87)76-72-68-64-60-56-52-48-44-41-38-35-32-29-27-26-28-30-33-36-39-42-46-50-54-58-62-66-70-74-78-89-83(88)77-73-69-65-61-57-53-49-45-22-20-18-16-14-12-10-8-6-4-2/h26,28,71,75,80-81,85-86H,3-25,27,29-70,72-74,76-79H2,1-2H3,(H,84,87)/b28-26-,75-71+. The van der Waals surface area contributed by atoms with E-state index in [0.717, 1.165) is 38.5 Å². The lowest BCUT2D eigenvalue weighted by atomic mass is 10.0. The van der Waals surface area contributed by atoms with Crippen molar-refractivity contribution in [1.29, 1.82) is 0 Å². The number of aliphatic hydroxyl groups is 2. The summed E-state index contributed by atoms with van der Waals surface area (Å²) in [6, 6.07) is -0.629. The number of carbonyl (C=O) groups is 2. The molecule has 0 heterocycles. The van der Waals surface area contributed by atoms with Crippen molar-refractivity contribution in [2.24, 2.45) is 0 Å². The van der Waals surface area contributed by atoms with E-state index in [4.69, 9.17) is 4.74 Å². The fourth-order valence-electron chi connectivity index (χ4n) is 13.2. The third kappa shape index (κ3) is 75.3. The van der Waals surface area contributed by atoms with Crippen LogP contribution in [0.4, 0.5) is 0 Å². The first kappa shape index (κ1) is 87.3. The Morgan fingerprint density at radius 3 is 0.798 bits per heavy atom. The first-order valence-electron chi connectivity index (χ1n) is 41.1. The zero-order valence-corrected chi connectivity index (χ0v) is 60.7. The summed E-state index contributed by atoms with van der Waals surface area (Å²) < 4.78 is 5.52. The number of nitrogens with one attached hydrogen (secondary N) is 1. The van der Waals surface area contributed by atoms with Crippen molar-refractivity contribution >= 4 is 11.9 Å². The number of carbonyl (C=O) groups excluding carboxylic acids is 2. The fraction of sp³-hybridized carbons (Fsp3) is 0.928. The van der Waals surface area contributed by atoms with Crippen LogP contribution >= 0.6 is 0 Å². The summed E-state index contributed by atoms with van der Waals surface area (Å²) in [5, 5.41) is 23.3. The average Bonchev–Trinajstić information content (AvgIpc) is 3.59. The summed E-state index contributed by atoms with van der Waals surface area (Å²) >= 11 is 0. The van der Waals surface area contributed by atoms with Gasteiger partial charge in [-0.05, 0) is 57.8 Å². The van der Waals surface area contributed by atoms with E-state index in [2.05, 4.69) is 31.3 Å². The van der Waals surface area contributed by atoms with Crippen molar-refractivity contribution in [2.75, 3.05) is 13.2 Å². The topological polar surface area (TPSA) is 95.9 Å². The number of unbranched alkanes of at least 4 members (excludes halogenated alkanes) is 65. The Bertz CT molecular complexity index is 1400. The highest BCUT2D eigenvalue weighted by atomic mass is 16.5. The molecule has 6 nitrogen and oxygen atoms in total. The van der Waals surface area contributed by atoms with Gasteiger partial charge in [0.1, 0.15) is 0 Å². The molecule has 0 fully saturated rings. The molecule has 2 atom stereocenters. The normalized spacial score (nSPS) is 12.5. The Morgan fingerprint density at radius 2 is 0.528 bits per heavy atom. The minimum atomic E-state index is -0.846. The molecule has 0 aliphatic rings. The van der Waals surface area contributed by atoms with Crippen molar-refractivity contribution in [2.45, 2.75) is 482 Å². The second-order valence-electron chi connectivity index (χ2n) is 28.5. The Hall–Kier alpha value is -1.66. The minimum absolute atomic E-state index is 0.0218. The van der Waals surface area contributed by atoms with Crippen molar-refractivity contribution in [1.82, 2.24) is 5.32 Å². The quantitative estimate of drug-likeness (QED) is 0.0320. The molecule has 0 bridgehead atoms. The van der Waals surface area contributed by atoms with Crippen LogP contribution in [-0.4, -0.2) is 47.4 Å². The van der Waals surface area contributed by atoms with Crippen LogP contribution in [0.5, 0.6) is 0 Å². The summed E-state index contributed by atoms with van der Waals surface area (Å²) in [6.45, 7) is 4.97. The molecular weight excluding hydrogens is 1090 g/mol. The van der Waals surface area contributed by atoms with Gasteiger partial charge in [-0.15, -0.1) is 0 Å². The second kappa shape index (κ2) is 78.8. The van der Waals surface area contributed by atoms with E-state index in [0.29, 0.717) is 19.4 Å². The van der Waals surface area contributed by atoms with Gasteiger partial charge in [0.15, 0.2) is 0 Å². The molecule has 0 aromatic heterocycles. The molecule has 0 saturated carbocycles. The number of aliphatic hydroxyl groups excluding tert-OH is 2. The zero-order valence-electron chi connectivity index (χ0n) is 60.7. The number of hydrogen-bond acceptors (Lipinski definition) is 5. The maximum atomic E-state index is 12.6. The Labute approximate surface area is 558 Å². The van der Waals surface area contributed by atoms with Gasteiger partial charge in [0.2, 0.25) is 5.91 Å². The number of ether oxygens (including phenoxy) is 1. The second-order valence-corrected chi connectivity index (χ2v) is 28.5. The molecule has 0 rings (SSSR count). The van der Waals surface area contributed by atoms with Crippen molar-refractivity contribution in [3.8, 4) is 0 Å². The predicted molar refractivity (Wildman–Crippen MR) is 393 cm³/mol. The molecule has 0 aromatic carbocycles. The highest BCUT2D eigenvalue weighted by molar-refractivity contribution is 5.76. The van der Waals surface area contributed by atoms with Crippen molar-refractivity contribution < 1.29 is 24.5 Å². The van der Waals surface area contributed by atoms with E-state index in [1.165, 1.54) is 405 Å². The smallest absolute Gasteiger partial charge is 0.305 e. The maximum absolute atomic E-state index is 12.6. The van der Waals surface area contributed by atoms with E-state index in [-0.39, 0.29) is 18.5 Å². The van der Waals surface area contributed by atoms with E-state index >= 15 is 0 Å². The lowest BCUT2D eigenvalue weighted by molar-refractivity contribution is -0.143. The third-order valence-corrected chi connectivity index (χ3v) is 19.5. The van der Waals surface area contributed by atoms with Gasteiger partial charge in [0.25, 0.3) is 0 Å². The monoisotopic (exact) mass is 1250 g/mol. The van der Waals surface area contributed by atoms with Gasteiger partial charge >= 0.3 is 5.97 Å². The zero-order chi connectivity index (χ0) is 64.2. The van der Waals surface area contributed by atoms with Gasteiger partial charge in [0.05, 0.1) is 25.4 Å². The molecule has 0 aromatic rings. The van der Waals surface area contributed by atoms with Crippen molar-refractivity contribution in [3.63, 3.8) is 0 Å². The minimum Gasteiger partial charge on any atom is -0.466 e. The molecule has 0 aliphatic carbocycles. The molecule has 0 aliphatic heterocycles. The Balaban J connectivity index is 3.38. The lowest BCUT2D eigenvalue weighted by Crippen LogP contribution is -2.45. The SMILES string of the molecule is CCCCCCCCCCCCCCCCCCCCCCCCC/C=C/C(O)C(CO)NC(=O)CCCCCCCCCCCCCCC/C=C\CCCCCCCCCCCCCCOC(=O)CCCCCCCCCCCCCCCCCCCC. The summed E-state index contributed by atoms with van der Waals surface area (Å²) in [6.07, 6.45) is 102. The average molecular weight is 1250 g/mol. The van der Waals surface area contributed by atoms with Crippen molar-refractivity contribution in [3.05, 3.63) is 24.3 Å². The van der Waals surface area contributed by atoms with Crippen LogP contribution in [0.25, 0.3) is 0 Å². The fourth-order valence-corrected chi connectivity index (χ4v) is 13.2. The van der Waals surface area contributed by atoms with E-state index in [1.807, 2.05) is 6.08 Å². The van der Waals surface area contributed by atoms with Gasteiger partial charge in [-0.25, -0.2) is 0 Å². The van der Waals surface area contributed by atoms with Gasteiger partial charge < -0.3 is 20.3 Å². The first-order valence-corrected chi connectivity index (χ1v) is 41.1. The first-order chi connectivity index (χ1) is 44.0. The van der Waals surface area contributed by atoms with Gasteiger partial charge in [-0.1, -0.05) is 423 Å². The van der Waals surface area contributed by atoms with Crippen LogP contribution in [0.1, 0.15) is 470 Å². The summed E-state index contributed by atoms with van der Waals surface area (Å²) in [4.78, 5) is 24.7. The maximum Gasteiger partial charge on any atom is 0.305 e. The Kier molecular flexibility index (Phi) is 77.3. The number of hydrogen-bond donors (Lipinski definition) is 3. The van der Waals surface area contributed by atoms with E-state index in [9.17, 15) is 19.8 Å². The van der Waals surface area contributed by atoms with Crippen LogP contribution in [0.3, 0.4) is 0 Å². The lowest BCUT2D eigenvalue weighted by Gasteiger charge is -2.20. The van der Waals surface area contributed by atoms with Crippen LogP contribution in [-0.2, 0) is 14.3 Å². The van der Waals surface area contributed by atoms with Crippen LogP contribution in [0.15, 0.2) is 24.3 Å². The molecular formula is C83H161NO5. The summed E-state index contributed by atoms with van der Waals surface area (Å²) in [5.41, 5.74) is 0. The Morgan fingerprint density at radius 1 is 0.303 bits per heavy atom. The predicted octanol–water partition coefficient (Wildman–Crippen LogP) is 27.2. The highest BCUT2D eigenvalue weighted by Crippen LogP contribution is 2.20. The molecule has 2 unspecified atom stereocenters.